The van der Waals surface area contributed by atoms with Crippen molar-refractivity contribution in [3.8, 4) is 0 Å². The first kappa shape index (κ1) is 13.5. The van der Waals surface area contributed by atoms with E-state index in [0.717, 1.165) is 12.8 Å². The van der Waals surface area contributed by atoms with Gasteiger partial charge in [-0.05, 0) is 31.9 Å². The second-order valence-corrected chi connectivity index (χ2v) is 6.29. The van der Waals surface area contributed by atoms with Crippen LogP contribution in [0.4, 0.5) is 4.39 Å². The Hall–Kier alpha value is -0.980. The van der Waals surface area contributed by atoms with Gasteiger partial charge in [0.25, 0.3) is 0 Å². The van der Waals surface area contributed by atoms with E-state index in [1.807, 2.05) is 0 Å². The van der Waals surface area contributed by atoms with E-state index in [0.29, 0.717) is 0 Å². The molecule has 100 valence electrons. The lowest BCUT2D eigenvalue weighted by atomic mass is 10.2. The maximum absolute atomic E-state index is 13.4. The van der Waals surface area contributed by atoms with Gasteiger partial charge in [-0.1, -0.05) is 6.07 Å². The summed E-state index contributed by atoms with van der Waals surface area (Å²) in [4.78, 5) is -0.0112. The summed E-state index contributed by atoms with van der Waals surface area (Å²) < 4.78 is 39.6. The zero-order chi connectivity index (χ0) is 13.3. The van der Waals surface area contributed by atoms with Crippen molar-refractivity contribution in [1.82, 2.24) is 4.31 Å². The first-order chi connectivity index (χ1) is 8.48. The number of hydrogen-bond donors (Lipinski definition) is 1. The predicted octanol–water partition coefficient (Wildman–Crippen LogP) is 1.28. The SMILES string of the molecule is Cc1c(F)cccc1S(=O)(=O)N(CCO)C1CC1. The van der Waals surface area contributed by atoms with Crippen molar-refractivity contribution in [3.05, 3.63) is 29.6 Å². The van der Waals surface area contributed by atoms with E-state index in [1.165, 1.54) is 29.4 Å². The molecule has 0 amide bonds. The normalized spacial score (nSPS) is 16.2. The monoisotopic (exact) mass is 273 g/mol. The van der Waals surface area contributed by atoms with Gasteiger partial charge in [-0.3, -0.25) is 0 Å². The van der Waals surface area contributed by atoms with Gasteiger partial charge in [0, 0.05) is 18.2 Å². The Morgan fingerprint density at radius 2 is 2.11 bits per heavy atom. The second-order valence-electron chi connectivity index (χ2n) is 4.43. The summed E-state index contributed by atoms with van der Waals surface area (Å²) in [5.74, 6) is -0.532. The minimum atomic E-state index is -3.72. The summed E-state index contributed by atoms with van der Waals surface area (Å²) in [6.07, 6.45) is 1.60. The van der Waals surface area contributed by atoms with Crippen LogP contribution < -0.4 is 0 Å². The molecule has 0 aromatic heterocycles. The third-order valence-electron chi connectivity index (χ3n) is 3.08. The van der Waals surface area contributed by atoms with E-state index in [1.54, 1.807) is 0 Å². The van der Waals surface area contributed by atoms with Crippen LogP contribution >= 0.6 is 0 Å². The number of aliphatic hydroxyl groups is 1. The van der Waals surface area contributed by atoms with Crippen LogP contribution in [0.25, 0.3) is 0 Å². The van der Waals surface area contributed by atoms with Crippen LogP contribution in [0.1, 0.15) is 18.4 Å². The summed E-state index contributed by atoms with van der Waals surface area (Å²) in [7, 11) is -3.72. The topological polar surface area (TPSA) is 57.6 Å². The molecular formula is C12H16FNO3S. The molecule has 0 aliphatic heterocycles. The Balaban J connectivity index is 2.43. The second kappa shape index (κ2) is 4.95. The van der Waals surface area contributed by atoms with Crippen molar-refractivity contribution < 1.29 is 17.9 Å². The molecule has 0 bridgehead atoms. The number of rotatable bonds is 5. The summed E-state index contributed by atoms with van der Waals surface area (Å²) >= 11 is 0. The predicted molar refractivity (Wildman–Crippen MR) is 65.1 cm³/mol. The van der Waals surface area contributed by atoms with E-state index in [2.05, 4.69) is 0 Å². The lowest BCUT2D eigenvalue weighted by molar-refractivity contribution is 0.250. The molecule has 4 nitrogen and oxygen atoms in total. The molecule has 1 aromatic rings. The summed E-state index contributed by atoms with van der Waals surface area (Å²) in [5, 5.41) is 8.97. The molecule has 0 unspecified atom stereocenters. The minimum Gasteiger partial charge on any atom is -0.395 e. The van der Waals surface area contributed by atoms with Gasteiger partial charge in [0.1, 0.15) is 5.82 Å². The quantitative estimate of drug-likeness (QED) is 0.879. The maximum atomic E-state index is 13.4. The summed E-state index contributed by atoms with van der Waals surface area (Å²) in [6.45, 7) is 1.28. The van der Waals surface area contributed by atoms with Gasteiger partial charge in [0.2, 0.25) is 10.0 Å². The zero-order valence-corrected chi connectivity index (χ0v) is 11.0. The van der Waals surface area contributed by atoms with Gasteiger partial charge in [-0.15, -0.1) is 0 Å². The lowest BCUT2D eigenvalue weighted by Crippen LogP contribution is -2.36. The molecular weight excluding hydrogens is 257 g/mol. The van der Waals surface area contributed by atoms with Gasteiger partial charge in [-0.2, -0.15) is 4.31 Å². The molecule has 6 heteroatoms. The van der Waals surface area contributed by atoms with Gasteiger partial charge in [0.05, 0.1) is 11.5 Å². The molecule has 0 spiro atoms. The van der Waals surface area contributed by atoms with Gasteiger partial charge >= 0.3 is 0 Å². The Labute approximate surface area is 106 Å². The lowest BCUT2D eigenvalue weighted by Gasteiger charge is -2.22. The summed E-state index contributed by atoms with van der Waals surface area (Å²) in [5.41, 5.74) is 0.126. The zero-order valence-electron chi connectivity index (χ0n) is 10.1. The molecule has 0 radical (unpaired) electrons. The van der Waals surface area contributed by atoms with E-state index in [4.69, 9.17) is 5.11 Å². The van der Waals surface area contributed by atoms with Crippen LogP contribution in [0.15, 0.2) is 23.1 Å². The van der Waals surface area contributed by atoms with Crippen LogP contribution in [0.5, 0.6) is 0 Å². The first-order valence-corrected chi connectivity index (χ1v) is 7.30. The number of hydrogen-bond acceptors (Lipinski definition) is 3. The van der Waals surface area contributed by atoms with Crippen molar-refractivity contribution in [3.63, 3.8) is 0 Å². The smallest absolute Gasteiger partial charge is 0.243 e. The first-order valence-electron chi connectivity index (χ1n) is 5.86. The van der Waals surface area contributed by atoms with E-state index >= 15 is 0 Å². The van der Waals surface area contributed by atoms with E-state index in [9.17, 15) is 12.8 Å². The molecule has 0 heterocycles. The fourth-order valence-electron chi connectivity index (χ4n) is 1.95. The molecule has 1 fully saturated rings. The fraction of sp³-hybridized carbons (Fsp3) is 0.500. The van der Waals surface area contributed by atoms with E-state index in [-0.39, 0.29) is 29.7 Å². The van der Waals surface area contributed by atoms with E-state index < -0.39 is 15.8 Å². The van der Waals surface area contributed by atoms with Gasteiger partial charge < -0.3 is 5.11 Å². The highest BCUT2D eigenvalue weighted by atomic mass is 32.2. The minimum absolute atomic E-state index is 0.0112. The third kappa shape index (κ3) is 2.41. The molecule has 1 aliphatic rings. The molecule has 1 N–H and O–H groups in total. The van der Waals surface area contributed by atoms with Crippen molar-refractivity contribution in [2.24, 2.45) is 0 Å². The number of benzene rings is 1. The van der Waals surface area contributed by atoms with Crippen LogP contribution in [-0.2, 0) is 10.0 Å². The highest BCUT2D eigenvalue weighted by Gasteiger charge is 2.38. The Morgan fingerprint density at radius 3 is 2.67 bits per heavy atom. The van der Waals surface area contributed by atoms with Crippen molar-refractivity contribution in [2.75, 3.05) is 13.2 Å². The molecule has 2 rings (SSSR count). The largest absolute Gasteiger partial charge is 0.395 e. The number of halogens is 1. The molecule has 18 heavy (non-hydrogen) atoms. The number of nitrogens with zero attached hydrogens (tertiary/aromatic N) is 1. The Kier molecular flexibility index (Phi) is 3.70. The highest BCUT2D eigenvalue weighted by molar-refractivity contribution is 7.89. The number of sulfonamides is 1. The van der Waals surface area contributed by atoms with Crippen molar-refractivity contribution >= 4 is 10.0 Å². The molecule has 0 saturated heterocycles. The van der Waals surface area contributed by atoms with Crippen molar-refractivity contribution in [1.29, 1.82) is 0 Å². The van der Waals surface area contributed by atoms with Crippen molar-refractivity contribution in [2.45, 2.75) is 30.7 Å². The number of aliphatic hydroxyl groups excluding tert-OH is 1. The molecule has 0 atom stereocenters. The fourth-order valence-corrected chi connectivity index (χ4v) is 3.87. The Bertz CT molecular complexity index is 540. The third-order valence-corrected chi connectivity index (χ3v) is 5.18. The highest BCUT2D eigenvalue weighted by Crippen LogP contribution is 2.32. The van der Waals surface area contributed by atoms with Crippen LogP contribution in [0, 0.1) is 12.7 Å². The molecule has 1 saturated carbocycles. The van der Waals surface area contributed by atoms with Gasteiger partial charge in [0.15, 0.2) is 0 Å². The van der Waals surface area contributed by atoms with Crippen LogP contribution in [-0.4, -0.2) is 37.0 Å². The van der Waals surface area contributed by atoms with Crippen LogP contribution in [0.3, 0.4) is 0 Å². The summed E-state index contributed by atoms with van der Waals surface area (Å²) in [6, 6.07) is 3.98. The average Bonchev–Trinajstić information content (AvgIpc) is 3.13. The molecule has 1 aromatic carbocycles. The van der Waals surface area contributed by atoms with Crippen LogP contribution in [0.2, 0.25) is 0 Å². The maximum Gasteiger partial charge on any atom is 0.243 e. The molecule has 1 aliphatic carbocycles. The van der Waals surface area contributed by atoms with Gasteiger partial charge in [-0.25, -0.2) is 12.8 Å². The standard InChI is InChI=1S/C12H16FNO3S/c1-9-11(13)3-2-4-12(9)18(16,17)14(7-8-15)10-5-6-10/h2-4,10,15H,5-8H2,1H3. The Morgan fingerprint density at radius 1 is 1.44 bits per heavy atom. The average molecular weight is 273 g/mol.